The Morgan fingerprint density at radius 1 is 1.27 bits per heavy atom. The molecule has 3 heterocycles. The Morgan fingerprint density at radius 2 is 2.05 bits per heavy atom. The van der Waals surface area contributed by atoms with Crippen LogP contribution < -0.4 is 0 Å². The van der Waals surface area contributed by atoms with E-state index in [2.05, 4.69) is 15.0 Å². The lowest BCUT2D eigenvalue weighted by Crippen LogP contribution is -2.30. The summed E-state index contributed by atoms with van der Waals surface area (Å²) < 4.78 is 25.4. The van der Waals surface area contributed by atoms with Crippen LogP contribution in [0.5, 0.6) is 0 Å². The van der Waals surface area contributed by atoms with Crippen LogP contribution in [0.3, 0.4) is 0 Å². The van der Waals surface area contributed by atoms with E-state index in [0.717, 1.165) is 34.9 Å². The van der Waals surface area contributed by atoms with Crippen LogP contribution >= 0.6 is 11.3 Å². The second kappa shape index (κ2) is 5.68. The van der Waals surface area contributed by atoms with E-state index in [9.17, 15) is 8.42 Å². The lowest BCUT2D eigenvalue weighted by atomic mass is 10.1. The van der Waals surface area contributed by atoms with E-state index in [1.807, 2.05) is 25.3 Å². The van der Waals surface area contributed by atoms with Gasteiger partial charge in [0, 0.05) is 17.6 Å². The summed E-state index contributed by atoms with van der Waals surface area (Å²) in [5, 5.41) is 2.82. The summed E-state index contributed by atoms with van der Waals surface area (Å²) in [5.41, 5.74) is 2.48. The van der Waals surface area contributed by atoms with Crippen molar-refractivity contribution in [1.82, 2.24) is 19.3 Å². The van der Waals surface area contributed by atoms with Crippen LogP contribution in [0.2, 0.25) is 0 Å². The molecule has 0 N–H and O–H groups in total. The zero-order chi connectivity index (χ0) is 15.9. The van der Waals surface area contributed by atoms with Gasteiger partial charge in [0.25, 0.3) is 0 Å². The minimum absolute atomic E-state index is 0.198. The molecule has 0 unspecified atom stereocenters. The molecule has 1 saturated heterocycles. The average Bonchev–Trinajstić information content (AvgIpc) is 3.05. The van der Waals surface area contributed by atoms with E-state index in [0.29, 0.717) is 12.4 Å². The van der Waals surface area contributed by atoms with Crippen molar-refractivity contribution in [1.29, 1.82) is 0 Å². The molecule has 3 rings (SSSR count). The Kier molecular flexibility index (Phi) is 4.00. The monoisotopic (exact) mass is 338 g/mol. The van der Waals surface area contributed by atoms with Crippen molar-refractivity contribution in [2.45, 2.75) is 32.7 Å². The molecular formula is C14H18N4O2S2. The molecule has 2 aromatic heterocycles. The van der Waals surface area contributed by atoms with Gasteiger partial charge in [0.15, 0.2) is 0 Å². The molecule has 0 aromatic carbocycles. The normalized spacial score (nSPS) is 19.7. The number of nitrogens with zero attached hydrogens (tertiary/aromatic N) is 4. The lowest BCUT2D eigenvalue weighted by Gasteiger charge is -2.22. The number of sulfonamides is 1. The predicted octanol–water partition coefficient (Wildman–Crippen LogP) is 2.31. The molecular weight excluding hydrogens is 320 g/mol. The fraction of sp³-hybridized carbons (Fsp3) is 0.500. The highest BCUT2D eigenvalue weighted by Gasteiger charge is 2.34. The first kappa shape index (κ1) is 15.5. The molecule has 1 fully saturated rings. The average molecular weight is 338 g/mol. The Balaban J connectivity index is 2.03. The summed E-state index contributed by atoms with van der Waals surface area (Å²) in [4.78, 5) is 13.4. The van der Waals surface area contributed by atoms with Gasteiger partial charge in [-0.25, -0.2) is 23.4 Å². The standard InChI is InChI=1S/C14H18N4O2S2/c1-9-8-21-14(15-9)12-7-11(16-10(2)17-12)13-5-4-6-18(13)22(3,19)20/h7-8,13H,4-6H2,1-3H3/t13-/m1/s1. The fourth-order valence-corrected chi connectivity index (χ4v) is 4.67. The summed E-state index contributed by atoms with van der Waals surface area (Å²) in [5.74, 6) is 0.640. The van der Waals surface area contributed by atoms with Crippen LogP contribution in [0.1, 0.15) is 36.1 Å². The SMILES string of the molecule is Cc1csc(-c2cc([C@H]3CCCN3S(C)(=O)=O)nc(C)n2)n1. The molecule has 1 aliphatic rings. The van der Waals surface area contributed by atoms with E-state index in [1.165, 1.54) is 21.9 Å². The van der Waals surface area contributed by atoms with E-state index in [-0.39, 0.29) is 6.04 Å². The Hall–Kier alpha value is -1.38. The minimum Gasteiger partial charge on any atom is -0.240 e. The topological polar surface area (TPSA) is 76.1 Å². The van der Waals surface area contributed by atoms with Gasteiger partial charge in [0.1, 0.15) is 16.5 Å². The molecule has 118 valence electrons. The van der Waals surface area contributed by atoms with Crippen molar-refractivity contribution < 1.29 is 8.42 Å². The highest BCUT2D eigenvalue weighted by Crippen LogP contribution is 2.34. The number of hydrogen-bond donors (Lipinski definition) is 0. The lowest BCUT2D eigenvalue weighted by molar-refractivity contribution is 0.393. The van der Waals surface area contributed by atoms with Crippen LogP contribution in [0.4, 0.5) is 0 Å². The van der Waals surface area contributed by atoms with Crippen molar-refractivity contribution in [3.8, 4) is 10.7 Å². The molecule has 0 radical (unpaired) electrons. The second-order valence-electron chi connectivity index (χ2n) is 5.55. The van der Waals surface area contributed by atoms with Crippen LogP contribution in [-0.2, 0) is 10.0 Å². The molecule has 0 saturated carbocycles. The van der Waals surface area contributed by atoms with Gasteiger partial charge in [0.05, 0.1) is 18.0 Å². The summed E-state index contributed by atoms with van der Waals surface area (Å²) in [6, 6.07) is 1.68. The number of hydrogen-bond acceptors (Lipinski definition) is 6. The third-order valence-electron chi connectivity index (χ3n) is 3.67. The molecule has 2 aromatic rings. The van der Waals surface area contributed by atoms with E-state index >= 15 is 0 Å². The van der Waals surface area contributed by atoms with E-state index in [1.54, 1.807) is 0 Å². The first-order chi connectivity index (χ1) is 10.3. The molecule has 0 spiro atoms. The smallest absolute Gasteiger partial charge is 0.211 e. The summed E-state index contributed by atoms with van der Waals surface area (Å²) in [6.07, 6.45) is 2.90. The third kappa shape index (κ3) is 3.04. The number of thiazole rings is 1. The number of rotatable bonds is 3. The van der Waals surface area contributed by atoms with E-state index < -0.39 is 10.0 Å². The van der Waals surface area contributed by atoms with Gasteiger partial charge in [-0.2, -0.15) is 4.31 Å². The number of aryl methyl sites for hydroxylation is 2. The molecule has 0 bridgehead atoms. The van der Waals surface area contributed by atoms with Gasteiger partial charge in [-0.1, -0.05) is 0 Å². The molecule has 8 heteroatoms. The van der Waals surface area contributed by atoms with Gasteiger partial charge in [-0.15, -0.1) is 11.3 Å². The molecule has 1 atom stereocenters. The maximum absolute atomic E-state index is 11.9. The molecule has 22 heavy (non-hydrogen) atoms. The van der Waals surface area contributed by atoms with Crippen LogP contribution in [0.15, 0.2) is 11.4 Å². The maximum Gasteiger partial charge on any atom is 0.211 e. The Labute approximate surface area is 134 Å². The number of aromatic nitrogens is 3. The van der Waals surface area contributed by atoms with Gasteiger partial charge in [-0.05, 0) is 32.8 Å². The summed E-state index contributed by atoms with van der Waals surface area (Å²) in [6.45, 7) is 4.32. The van der Waals surface area contributed by atoms with Crippen LogP contribution in [0, 0.1) is 13.8 Å². The van der Waals surface area contributed by atoms with Crippen LogP contribution in [0.25, 0.3) is 10.7 Å². The third-order valence-corrected chi connectivity index (χ3v) is 5.94. The van der Waals surface area contributed by atoms with Crippen LogP contribution in [-0.4, -0.2) is 40.5 Å². The fourth-order valence-electron chi connectivity index (χ4n) is 2.78. The summed E-state index contributed by atoms with van der Waals surface area (Å²) >= 11 is 1.54. The summed E-state index contributed by atoms with van der Waals surface area (Å²) in [7, 11) is -3.23. The molecule has 0 amide bonds. The van der Waals surface area contributed by atoms with Crippen molar-refractivity contribution in [2.24, 2.45) is 0 Å². The largest absolute Gasteiger partial charge is 0.240 e. The highest BCUT2D eigenvalue weighted by molar-refractivity contribution is 7.88. The molecule has 1 aliphatic heterocycles. The highest BCUT2D eigenvalue weighted by atomic mass is 32.2. The first-order valence-corrected chi connectivity index (χ1v) is 9.82. The maximum atomic E-state index is 11.9. The van der Waals surface area contributed by atoms with Crippen molar-refractivity contribution in [2.75, 3.05) is 12.8 Å². The van der Waals surface area contributed by atoms with Crippen molar-refractivity contribution in [3.63, 3.8) is 0 Å². The van der Waals surface area contributed by atoms with Gasteiger partial charge in [-0.3, -0.25) is 0 Å². The van der Waals surface area contributed by atoms with Gasteiger partial charge in [0.2, 0.25) is 10.0 Å². The zero-order valence-electron chi connectivity index (χ0n) is 12.8. The Morgan fingerprint density at radius 3 is 2.68 bits per heavy atom. The minimum atomic E-state index is -3.23. The quantitative estimate of drug-likeness (QED) is 0.858. The first-order valence-electron chi connectivity index (χ1n) is 7.09. The van der Waals surface area contributed by atoms with Crippen molar-refractivity contribution >= 4 is 21.4 Å². The van der Waals surface area contributed by atoms with Gasteiger partial charge >= 0.3 is 0 Å². The second-order valence-corrected chi connectivity index (χ2v) is 8.34. The molecule has 6 nitrogen and oxygen atoms in total. The van der Waals surface area contributed by atoms with E-state index in [4.69, 9.17) is 0 Å². The molecule has 0 aliphatic carbocycles. The van der Waals surface area contributed by atoms with Gasteiger partial charge < -0.3 is 0 Å². The Bertz CT molecular complexity index is 801. The zero-order valence-corrected chi connectivity index (χ0v) is 14.4. The van der Waals surface area contributed by atoms with Crippen molar-refractivity contribution in [3.05, 3.63) is 28.7 Å². The predicted molar refractivity (Wildman–Crippen MR) is 86.1 cm³/mol.